The van der Waals surface area contributed by atoms with E-state index in [9.17, 15) is 34.2 Å². The van der Waals surface area contributed by atoms with Gasteiger partial charge in [0.2, 0.25) is 0 Å². The van der Waals surface area contributed by atoms with E-state index in [0.717, 1.165) is 0 Å². The molecule has 2 aromatic rings. The highest BCUT2D eigenvalue weighted by Gasteiger charge is 2.33. The summed E-state index contributed by atoms with van der Waals surface area (Å²) in [7, 11) is 0. The highest BCUT2D eigenvalue weighted by atomic mass is 16.7. The summed E-state index contributed by atoms with van der Waals surface area (Å²) in [6.07, 6.45) is -0.148. The number of aromatic carboxylic acids is 1. The van der Waals surface area contributed by atoms with Gasteiger partial charge in [-0.2, -0.15) is 0 Å². The second-order valence-corrected chi connectivity index (χ2v) is 7.84. The lowest BCUT2D eigenvalue weighted by molar-refractivity contribution is -0.172. The number of hydroxylamine groups is 2. The second kappa shape index (κ2) is 8.10. The third kappa shape index (κ3) is 3.76. The number of hydrogen-bond acceptors (Lipinski definition) is 8. The number of hydrogen-bond donors (Lipinski definition) is 2. The summed E-state index contributed by atoms with van der Waals surface area (Å²) < 4.78 is 5.78. The van der Waals surface area contributed by atoms with Crippen LogP contribution in [0.4, 0.5) is 0 Å². The first-order valence-corrected chi connectivity index (χ1v) is 10.4. The minimum Gasteiger partial charge on any atom is -0.508 e. The minimum absolute atomic E-state index is 0.0741. The van der Waals surface area contributed by atoms with Crippen LogP contribution in [0.15, 0.2) is 63.8 Å². The van der Waals surface area contributed by atoms with E-state index < -0.39 is 23.8 Å². The molecule has 2 amide bonds. The Labute approximate surface area is 195 Å². The van der Waals surface area contributed by atoms with E-state index in [1.54, 1.807) is 0 Å². The number of carboxylic acid groups (broad SMARTS) is 1. The summed E-state index contributed by atoms with van der Waals surface area (Å²) in [4.78, 5) is 65.4. The maximum absolute atomic E-state index is 12.8. The molecule has 0 spiro atoms. The van der Waals surface area contributed by atoms with Gasteiger partial charge in [0.15, 0.2) is 5.43 Å². The number of phenols is 1. The minimum atomic E-state index is -1.29. The number of amides is 2. The first-order chi connectivity index (χ1) is 16.7. The van der Waals surface area contributed by atoms with E-state index in [1.165, 1.54) is 54.6 Å². The number of carboxylic acids is 1. The van der Waals surface area contributed by atoms with Crippen molar-refractivity contribution in [2.75, 3.05) is 0 Å². The summed E-state index contributed by atoms with van der Waals surface area (Å²) in [5.74, 6) is -3.59. The fourth-order valence-electron chi connectivity index (χ4n) is 4.01. The largest absolute Gasteiger partial charge is 0.508 e. The molecule has 2 heterocycles. The SMILES string of the molecule is O=C(ON1C(=O)CCC1=O)c1ccc(C(=O)O)c(-c2c3ccc(=O)cc-3oc3cc(O)ccc23)c1. The first-order valence-electron chi connectivity index (χ1n) is 10.4. The zero-order valence-electron chi connectivity index (χ0n) is 17.8. The average molecular weight is 473 g/mol. The predicted molar refractivity (Wildman–Crippen MR) is 120 cm³/mol. The van der Waals surface area contributed by atoms with Gasteiger partial charge in [-0.05, 0) is 48.0 Å². The molecule has 0 radical (unpaired) electrons. The van der Waals surface area contributed by atoms with Crippen LogP contribution in [0.2, 0.25) is 0 Å². The molecule has 0 saturated carbocycles. The van der Waals surface area contributed by atoms with Crippen molar-refractivity contribution in [2.45, 2.75) is 12.8 Å². The fraction of sp³-hybridized carbons (Fsp3) is 0.0800. The van der Waals surface area contributed by atoms with Gasteiger partial charge in [0.25, 0.3) is 11.8 Å². The van der Waals surface area contributed by atoms with Crippen molar-refractivity contribution in [1.29, 1.82) is 0 Å². The molecule has 3 aliphatic rings. The number of carbonyl (C=O) groups is 4. The number of rotatable bonds is 4. The molecule has 0 atom stereocenters. The Bertz CT molecular complexity index is 1580. The third-order valence-corrected chi connectivity index (χ3v) is 5.61. The summed E-state index contributed by atoms with van der Waals surface area (Å²) >= 11 is 0. The molecule has 1 fully saturated rings. The smallest absolute Gasteiger partial charge is 0.363 e. The van der Waals surface area contributed by atoms with Crippen molar-refractivity contribution in [2.24, 2.45) is 0 Å². The number of nitrogens with zero attached hydrogens (tertiary/aromatic N) is 1. The maximum atomic E-state index is 12.8. The summed E-state index contributed by atoms with van der Waals surface area (Å²) in [6, 6.07) is 11.9. The van der Waals surface area contributed by atoms with Gasteiger partial charge in [-0.1, -0.05) is 0 Å². The van der Waals surface area contributed by atoms with Crippen LogP contribution < -0.4 is 5.43 Å². The molecule has 1 saturated heterocycles. The Balaban J connectivity index is 1.74. The quantitative estimate of drug-likeness (QED) is 0.336. The van der Waals surface area contributed by atoms with Crippen LogP contribution in [-0.2, 0) is 14.4 Å². The highest BCUT2D eigenvalue weighted by Crippen LogP contribution is 2.42. The third-order valence-electron chi connectivity index (χ3n) is 5.61. The van der Waals surface area contributed by atoms with E-state index in [-0.39, 0.29) is 52.1 Å². The normalized spacial score (nSPS) is 13.5. The maximum Gasteiger partial charge on any atom is 0.363 e. The van der Waals surface area contributed by atoms with Gasteiger partial charge in [-0.25, -0.2) is 9.59 Å². The molecule has 10 heteroatoms. The lowest BCUT2D eigenvalue weighted by Gasteiger charge is -2.18. The summed E-state index contributed by atoms with van der Waals surface area (Å²) in [6.45, 7) is 0. The Morgan fingerprint density at radius 3 is 2.34 bits per heavy atom. The number of imide groups is 1. The van der Waals surface area contributed by atoms with Crippen LogP contribution in [0.25, 0.3) is 33.4 Å². The van der Waals surface area contributed by atoms with E-state index in [0.29, 0.717) is 21.6 Å². The average Bonchev–Trinajstić information content (AvgIpc) is 3.13. The lowest BCUT2D eigenvalue weighted by atomic mass is 9.89. The fourth-order valence-corrected chi connectivity index (χ4v) is 4.01. The van der Waals surface area contributed by atoms with Crippen molar-refractivity contribution in [3.63, 3.8) is 0 Å². The van der Waals surface area contributed by atoms with Crippen molar-refractivity contribution in [3.05, 3.63) is 75.9 Å². The van der Waals surface area contributed by atoms with Gasteiger partial charge in [0.1, 0.15) is 17.1 Å². The molecular formula is C25H15NO9. The van der Waals surface area contributed by atoms with Crippen LogP contribution in [-0.4, -0.2) is 39.0 Å². The van der Waals surface area contributed by atoms with Crippen LogP contribution in [0.1, 0.15) is 33.6 Å². The zero-order chi connectivity index (χ0) is 24.9. The molecule has 10 nitrogen and oxygen atoms in total. The Kier molecular flexibility index (Phi) is 5.05. The molecule has 2 aliphatic heterocycles. The molecule has 1 aliphatic carbocycles. The number of carbonyl (C=O) groups excluding carboxylic acids is 3. The Hall–Kier alpha value is -4.99. The van der Waals surface area contributed by atoms with Gasteiger partial charge in [-0.3, -0.25) is 14.4 Å². The van der Waals surface area contributed by atoms with E-state index in [1.807, 2.05) is 0 Å². The van der Waals surface area contributed by atoms with Gasteiger partial charge in [0.05, 0.1) is 11.1 Å². The number of benzene rings is 3. The molecule has 0 unspecified atom stereocenters. The van der Waals surface area contributed by atoms with Gasteiger partial charge in [0, 0.05) is 41.5 Å². The van der Waals surface area contributed by atoms with Crippen LogP contribution in [0.3, 0.4) is 0 Å². The molecule has 35 heavy (non-hydrogen) atoms. The molecule has 2 N–H and O–H groups in total. The molecule has 2 aromatic carbocycles. The zero-order valence-corrected chi connectivity index (χ0v) is 17.8. The van der Waals surface area contributed by atoms with Crippen molar-refractivity contribution in [3.8, 4) is 28.2 Å². The molecule has 0 bridgehead atoms. The van der Waals surface area contributed by atoms with E-state index in [2.05, 4.69) is 0 Å². The van der Waals surface area contributed by atoms with Crippen molar-refractivity contribution in [1.82, 2.24) is 5.06 Å². The summed E-state index contributed by atoms with van der Waals surface area (Å²) in [5.41, 5.74) is 0.378. The predicted octanol–water partition coefficient (Wildman–Crippen LogP) is 3.19. The second-order valence-electron chi connectivity index (χ2n) is 7.84. The Morgan fingerprint density at radius 2 is 1.63 bits per heavy atom. The molecule has 5 rings (SSSR count). The van der Waals surface area contributed by atoms with Crippen molar-refractivity contribution >= 4 is 34.7 Å². The molecule has 0 aromatic heterocycles. The summed E-state index contributed by atoms with van der Waals surface area (Å²) in [5, 5.41) is 20.6. The molecule has 174 valence electrons. The van der Waals surface area contributed by atoms with E-state index in [4.69, 9.17) is 9.25 Å². The topological polar surface area (TPSA) is 151 Å². The molecular weight excluding hydrogens is 458 g/mol. The number of fused-ring (bicyclic) bond motifs is 2. The van der Waals surface area contributed by atoms with Crippen LogP contribution >= 0.6 is 0 Å². The van der Waals surface area contributed by atoms with Gasteiger partial charge in [-0.15, -0.1) is 5.06 Å². The Morgan fingerprint density at radius 1 is 0.886 bits per heavy atom. The monoisotopic (exact) mass is 473 g/mol. The van der Waals surface area contributed by atoms with Crippen LogP contribution in [0.5, 0.6) is 5.75 Å². The van der Waals surface area contributed by atoms with Crippen molar-refractivity contribution < 1.29 is 38.6 Å². The number of phenolic OH excluding ortho intramolecular Hbond substituents is 1. The first kappa shape index (κ1) is 21.8. The highest BCUT2D eigenvalue weighted by molar-refractivity contribution is 6.09. The lowest BCUT2D eigenvalue weighted by Crippen LogP contribution is -2.32. The van der Waals surface area contributed by atoms with Crippen LogP contribution in [0, 0.1) is 0 Å². The van der Waals surface area contributed by atoms with Gasteiger partial charge < -0.3 is 19.5 Å². The van der Waals surface area contributed by atoms with Gasteiger partial charge >= 0.3 is 11.9 Å². The number of aromatic hydroxyl groups is 1. The standard InChI is InChI=1S/C25H15NO9/c27-13-2-5-16-19(10-13)34-20-11-14(28)3-6-17(20)23(16)18-9-12(1-4-15(18)24(31)32)25(33)35-26-21(29)7-8-22(26)30/h1-6,9-11,27H,7-8H2,(H,31,32). The van der Waals surface area contributed by atoms with E-state index >= 15 is 0 Å².